The van der Waals surface area contributed by atoms with Gasteiger partial charge in [0.25, 0.3) is 5.56 Å². The Kier molecular flexibility index (Phi) is 9.14. The number of hydrogen-bond donors (Lipinski definition) is 1. The summed E-state index contributed by atoms with van der Waals surface area (Å²) in [5.41, 5.74) is -1.70. The number of aromatic nitrogens is 5. The quantitative estimate of drug-likeness (QED) is 0.258. The van der Waals surface area contributed by atoms with Gasteiger partial charge in [0.1, 0.15) is 27.5 Å². The number of rotatable bonds is 12. The first-order chi connectivity index (χ1) is 19.7. The zero-order chi connectivity index (χ0) is 30.9. The summed E-state index contributed by atoms with van der Waals surface area (Å²) in [7, 11) is 1.43. The molecule has 3 aromatic heterocycles. The van der Waals surface area contributed by atoms with Crippen LogP contribution >= 0.6 is 11.3 Å². The first kappa shape index (κ1) is 31.3. The van der Waals surface area contributed by atoms with Crippen LogP contribution in [-0.4, -0.2) is 54.3 Å². The van der Waals surface area contributed by atoms with Crippen molar-refractivity contribution in [1.29, 1.82) is 0 Å². The molecule has 2 atom stereocenters. The van der Waals surface area contributed by atoms with Crippen LogP contribution in [-0.2, 0) is 16.1 Å². The lowest BCUT2D eigenvalue weighted by atomic mass is 10.0. The van der Waals surface area contributed by atoms with Gasteiger partial charge in [0.2, 0.25) is 0 Å². The summed E-state index contributed by atoms with van der Waals surface area (Å²) in [5, 5.41) is 19.6. The Balaban J connectivity index is 2.00. The lowest BCUT2D eigenvalue weighted by Gasteiger charge is -2.26. The lowest BCUT2D eigenvalue weighted by molar-refractivity contribution is -0.122. The second-order valence-electron chi connectivity index (χ2n) is 11.3. The molecule has 3 heterocycles. The fraction of sp³-hybridized carbons (Fsp3) is 0.483. The molecule has 0 fully saturated rings. The van der Waals surface area contributed by atoms with Gasteiger partial charge in [0.15, 0.2) is 5.78 Å². The molecule has 0 saturated carbocycles. The number of halogens is 1. The lowest BCUT2D eigenvalue weighted by Crippen LogP contribution is -2.44. The van der Waals surface area contributed by atoms with Crippen molar-refractivity contribution in [2.45, 2.75) is 72.3 Å². The van der Waals surface area contributed by atoms with E-state index < -0.39 is 34.8 Å². The number of hydrogen-bond acceptors (Lipinski definition) is 9. The van der Waals surface area contributed by atoms with Crippen LogP contribution in [0.2, 0.25) is 0 Å². The van der Waals surface area contributed by atoms with E-state index in [0.717, 1.165) is 15.9 Å². The zero-order valence-corrected chi connectivity index (χ0v) is 25.6. The summed E-state index contributed by atoms with van der Waals surface area (Å²) in [6, 6.07) is 2.91. The number of aliphatic hydroxyl groups is 1. The maximum atomic E-state index is 14.5. The molecule has 0 bridgehead atoms. The Labute approximate surface area is 246 Å². The number of carbonyl (C=O) groups excluding carboxylic acids is 1. The Morgan fingerprint density at radius 1 is 1.17 bits per heavy atom. The minimum absolute atomic E-state index is 0.0297. The first-order valence-corrected chi connectivity index (χ1v) is 14.4. The smallest absolute Gasteiger partial charge is 0.332 e. The van der Waals surface area contributed by atoms with E-state index in [1.165, 1.54) is 47.1 Å². The van der Waals surface area contributed by atoms with Crippen molar-refractivity contribution in [2.24, 2.45) is 5.92 Å². The van der Waals surface area contributed by atoms with E-state index in [0.29, 0.717) is 26.7 Å². The molecule has 13 heteroatoms. The average molecular weight is 602 g/mol. The van der Waals surface area contributed by atoms with E-state index in [4.69, 9.17) is 9.47 Å². The number of Topliss-reactive ketones (excluding diaryl/α,β-unsaturated/α-hetero) is 1. The van der Waals surface area contributed by atoms with Crippen LogP contribution in [0.15, 0.2) is 40.2 Å². The molecule has 1 unspecified atom stereocenters. The largest absolute Gasteiger partial charge is 0.496 e. The van der Waals surface area contributed by atoms with E-state index in [1.54, 1.807) is 27.7 Å². The molecule has 0 radical (unpaired) electrons. The predicted molar refractivity (Wildman–Crippen MR) is 157 cm³/mol. The first-order valence-electron chi connectivity index (χ1n) is 13.6. The van der Waals surface area contributed by atoms with Crippen molar-refractivity contribution >= 4 is 27.3 Å². The molecule has 226 valence electrons. The number of methoxy groups -OCH3 is 1. The summed E-state index contributed by atoms with van der Waals surface area (Å²) < 4.78 is 28.4. The highest BCUT2D eigenvalue weighted by molar-refractivity contribution is 7.21. The van der Waals surface area contributed by atoms with Crippen molar-refractivity contribution in [3.8, 4) is 10.8 Å². The highest BCUT2D eigenvalue weighted by atomic mass is 32.1. The fourth-order valence-electron chi connectivity index (χ4n) is 4.75. The van der Waals surface area contributed by atoms with Gasteiger partial charge >= 0.3 is 5.69 Å². The Morgan fingerprint density at radius 2 is 1.83 bits per heavy atom. The highest BCUT2D eigenvalue weighted by Gasteiger charge is 2.29. The van der Waals surface area contributed by atoms with Gasteiger partial charge in [-0.25, -0.2) is 13.8 Å². The van der Waals surface area contributed by atoms with Crippen molar-refractivity contribution in [2.75, 3.05) is 13.7 Å². The molecule has 4 aromatic rings. The van der Waals surface area contributed by atoms with Crippen LogP contribution in [0.25, 0.3) is 15.2 Å². The molecule has 0 amide bonds. The van der Waals surface area contributed by atoms with Crippen LogP contribution in [0.1, 0.15) is 64.3 Å². The molecule has 42 heavy (non-hydrogen) atoms. The van der Waals surface area contributed by atoms with E-state index >= 15 is 0 Å². The van der Waals surface area contributed by atoms with Gasteiger partial charge in [-0.3, -0.25) is 14.2 Å². The minimum atomic E-state index is -1.24. The van der Waals surface area contributed by atoms with Crippen molar-refractivity contribution in [3.63, 3.8) is 0 Å². The monoisotopic (exact) mass is 601 g/mol. The summed E-state index contributed by atoms with van der Waals surface area (Å²) in [6.07, 6.45) is 2.20. The normalized spacial score (nSPS) is 13.6. The second-order valence-corrected chi connectivity index (χ2v) is 12.3. The van der Waals surface area contributed by atoms with Crippen LogP contribution < -0.4 is 16.0 Å². The molecule has 11 nitrogen and oxygen atoms in total. The van der Waals surface area contributed by atoms with Gasteiger partial charge in [-0.05, 0) is 51.8 Å². The van der Waals surface area contributed by atoms with Gasteiger partial charge in [-0.15, -0.1) is 4.80 Å². The zero-order valence-electron chi connectivity index (χ0n) is 24.8. The number of ether oxygens (including phenoxy) is 2. The summed E-state index contributed by atoms with van der Waals surface area (Å²) in [4.78, 5) is 42.9. The van der Waals surface area contributed by atoms with Crippen LogP contribution in [0.5, 0.6) is 5.75 Å². The van der Waals surface area contributed by atoms with Crippen LogP contribution in [0.4, 0.5) is 4.39 Å². The number of aryl methyl sites for hydroxylation is 1. The van der Waals surface area contributed by atoms with Crippen LogP contribution in [0.3, 0.4) is 0 Å². The molecular weight excluding hydrogens is 565 g/mol. The van der Waals surface area contributed by atoms with E-state index in [1.807, 2.05) is 13.8 Å². The molecule has 1 N–H and O–H groups in total. The molecule has 0 aliphatic carbocycles. The Hall–Kier alpha value is -3.68. The molecule has 0 aliphatic heterocycles. The Bertz CT molecular complexity index is 1700. The van der Waals surface area contributed by atoms with Gasteiger partial charge in [0.05, 0.1) is 49.7 Å². The van der Waals surface area contributed by atoms with Gasteiger partial charge in [-0.2, -0.15) is 10.2 Å². The minimum Gasteiger partial charge on any atom is -0.496 e. The van der Waals surface area contributed by atoms with Crippen molar-refractivity contribution < 1.29 is 23.8 Å². The number of nitrogens with zero attached hydrogens (tertiary/aromatic N) is 5. The number of fused-ring (bicyclic) bond motifs is 1. The Morgan fingerprint density at radius 3 is 2.43 bits per heavy atom. The standard InChI is InChI=1S/C29H36FN5O6S/c1-16(2)12-21(36)18(4)34-25(37)24-17(3)26(35-31-10-11-32-35)42-27(24)33(28(34)38)14-23(41-15-29(5,6)39)20-13-19(30)8-9-22(20)40-7/h8-11,13,16,18,23,39H,12,14-15H2,1-7H3/t18?,23-/m0/s1. The maximum absolute atomic E-state index is 14.5. The molecule has 0 saturated heterocycles. The topological polar surface area (TPSA) is 130 Å². The van der Waals surface area contributed by atoms with Gasteiger partial charge < -0.3 is 14.6 Å². The van der Waals surface area contributed by atoms with Gasteiger partial charge in [-0.1, -0.05) is 25.2 Å². The average Bonchev–Trinajstić information content (AvgIpc) is 3.55. The summed E-state index contributed by atoms with van der Waals surface area (Å²) in [5.74, 6) is -0.448. The summed E-state index contributed by atoms with van der Waals surface area (Å²) in [6.45, 7) is 9.84. The fourth-order valence-corrected chi connectivity index (χ4v) is 5.97. The van der Waals surface area contributed by atoms with Crippen LogP contribution in [0, 0.1) is 18.7 Å². The van der Waals surface area contributed by atoms with Crippen molar-refractivity contribution in [3.05, 3.63) is 68.4 Å². The summed E-state index contributed by atoms with van der Waals surface area (Å²) >= 11 is 1.14. The maximum Gasteiger partial charge on any atom is 0.332 e. The molecule has 0 spiro atoms. The number of benzene rings is 1. The van der Waals surface area contributed by atoms with E-state index in [9.17, 15) is 23.9 Å². The predicted octanol–water partition coefficient (Wildman–Crippen LogP) is 3.97. The third-order valence-electron chi connectivity index (χ3n) is 6.81. The molecular formula is C29H36FN5O6S. The van der Waals surface area contributed by atoms with E-state index in [-0.39, 0.29) is 36.7 Å². The third-order valence-corrected chi connectivity index (χ3v) is 8.09. The van der Waals surface area contributed by atoms with E-state index in [2.05, 4.69) is 10.2 Å². The number of carbonyl (C=O) groups is 1. The number of thiophene rings is 1. The highest BCUT2D eigenvalue weighted by Crippen LogP contribution is 2.34. The van der Waals surface area contributed by atoms with Gasteiger partial charge in [0, 0.05) is 17.5 Å². The third kappa shape index (κ3) is 6.37. The van der Waals surface area contributed by atoms with Crippen molar-refractivity contribution in [1.82, 2.24) is 24.1 Å². The second kappa shape index (κ2) is 12.3. The molecule has 4 rings (SSSR count). The number of ketones is 1. The molecule has 1 aromatic carbocycles. The molecule has 0 aliphatic rings. The SMILES string of the molecule is COc1ccc(F)cc1[C@H](Cn1c(=O)n(C(C)C(=O)CC(C)C)c(=O)c2c(C)c(-n3nccn3)sc21)OCC(C)(C)O.